The van der Waals surface area contributed by atoms with Crippen LogP contribution < -0.4 is 33.6 Å². The molecule has 6 rings (SSSR count). The predicted molar refractivity (Wildman–Crippen MR) is 243 cm³/mol. The van der Waals surface area contributed by atoms with Crippen molar-refractivity contribution in [1.29, 1.82) is 0 Å². The maximum Gasteiger partial charge on any atom is 0.337 e. The highest BCUT2D eigenvalue weighted by Gasteiger charge is 2.17. The van der Waals surface area contributed by atoms with Gasteiger partial charge in [0.2, 0.25) is 22.3 Å². The number of fused-ring (bicyclic) bond motifs is 3. The number of hydrogen-bond acceptors (Lipinski definition) is 14. The molecule has 0 saturated heterocycles. The van der Waals surface area contributed by atoms with Gasteiger partial charge in [0.05, 0.1) is 10.8 Å². The lowest BCUT2D eigenvalue weighted by Crippen LogP contribution is -2.19. The Kier molecular flexibility index (Phi) is 20.8. The molecule has 4 N–H and O–H groups in total. The van der Waals surface area contributed by atoms with E-state index in [0.717, 1.165) is 3.92 Å². The maximum atomic E-state index is 12.0. The monoisotopic (exact) mass is 974 g/mol. The van der Waals surface area contributed by atoms with Crippen molar-refractivity contribution in [3.05, 3.63) is 102 Å². The predicted octanol–water partition coefficient (Wildman–Crippen LogP) is 7.10. The van der Waals surface area contributed by atoms with Crippen molar-refractivity contribution in [3.63, 3.8) is 0 Å². The number of H-pyrrole nitrogens is 4. The van der Waals surface area contributed by atoms with Gasteiger partial charge in [-0.2, -0.15) is 9.97 Å². The van der Waals surface area contributed by atoms with Crippen LogP contribution in [0.1, 0.15) is 93.9 Å². The molecule has 16 nitrogen and oxygen atoms in total. The Morgan fingerprint density at radius 1 is 0.672 bits per heavy atom. The fourth-order valence-corrected chi connectivity index (χ4v) is 6.60. The molecule has 0 aliphatic rings. The maximum absolute atomic E-state index is 12.0. The van der Waals surface area contributed by atoms with Crippen LogP contribution in [0, 0.1) is 4.77 Å². The van der Waals surface area contributed by atoms with Gasteiger partial charge in [0.25, 0.3) is 16.7 Å². The number of nitrogens with zero attached hydrogens (tertiary/aromatic N) is 2. The van der Waals surface area contributed by atoms with Gasteiger partial charge in [0, 0.05) is 32.6 Å². The van der Waals surface area contributed by atoms with E-state index in [-0.39, 0.29) is 68.9 Å². The number of halogens is 1. The lowest BCUT2D eigenvalue weighted by molar-refractivity contribution is 0.540. The normalized spacial score (nSPS) is 11.2. The second-order valence-electron chi connectivity index (χ2n) is 12.6. The fourth-order valence-electron chi connectivity index (χ4n) is 4.87. The highest BCUT2D eigenvalue weighted by atomic mass is 127. The summed E-state index contributed by atoms with van der Waals surface area (Å²) in [5.74, 6) is 0. The molecule has 6 aromatic heterocycles. The van der Waals surface area contributed by atoms with Gasteiger partial charge < -0.3 is 23.2 Å². The third-order valence-electron chi connectivity index (χ3n) is 7.18. The van der Waals surface area contributed by atoms with Crippen LogP contribution in [-0.4, -0.2) is 48.5 Å². The summed E-state index contributed by atoms with van der Waals surface area (Å²) in [6, 6.07) is 3.93. The molecule has 1 atom stereocenters. The molecular weight excluding hydrogens is 924 g/mol. The molecule has 0 fully saturated rings. The van der Waals surface area contributed by atoms with Crippen LogP contribution >= 0.6 is 46.6 Å². The third-order valence-corrected chi connectivity index (χ3v) is 9.71. The first kappa shape index (κ1) is 51.7. The van der Waals surface area contributed by atoms with Gasteiger partial charge in [-0.15, -0.1) is 0 Å². The summed E-state index contributed by atoms with van der Waals surface area (Å²) in [6.07, 6.45) is 1.68. The highest BCUT2D eigenvalue weighted by molar-refractivity contribution is 14.1. The van der Waals surface area contributed by atoms with Crippen molar-refractivity contribution in [2.24, 2.45) is 0 Å². The topological polar surface area (TPSA) is 248 Å². The Morgan fingerprint density at radius 3 is 1.53 bits per heavy atom. The van der Waals surface area contributed by atoms with Crippen LogP contribution in [0.15, 0.2) is 70.5 Å². The van der Waals surface area contributed by atoms with Crippen molar-refractivity contribution < 1.29 is 17.5 Å². The number of hydrogen-bond donors (Lipinski definition) is 4. The molecule has 1 unspecified atom stereocenters. The molecule has 318 valence electrons. The largest absolute Gasteiger partial charge is 0.405 e. The van der Waals surface area contributed by atoms with E-state index in [0.29, 0.717) is 51.9 Å². The van der Waals surface area contributed by atoms with E-state index in [9.17, 15) is 33.0 Å². The Balaban J connectivity index is 0.000000410. The summed E-state index contributed by atoms with van der Waals surface area (Å²) < 4.78 is 27.7. The van der Waals surface area contributed by atoms with Crippen LogP contribution in [-0.2, 0) is 30.1 Å². The average Bonchev–Trinajstić information content (AvgIpc) is 3.09. The number of aryl methyl sites for hydroxylation is 3. The Morgan fingerprint density at radius 2 is 1.09 bits per heavy atom. The van der Waals surface area contributed by atoms with Crippen molar-refractivity contribution >= 4 is 90.7 Å². The zero-order valence-corrected chi connectivity index (χ0v) is 36.8. The smallest absolute Gasteiger partial charge is 0.337 e. The molecule has 0 radical (unpaired) electrons. The number of aromatic amines is 4. The van der Waals surface area contributed by atoms with Crippen molar-refractivity contribution in [2.75, 3.05) is 0 Å². The van der Waals surface area contributed by atoms with Crippen LogP contribution in [0.3, 0.4) is 0 Å². The summed E-state index contributed by atoms with van der Waals surface area (Å²) in [7, 11) is -1.45. The van der Waals surface area contributed by atoms with Crippen molar-refractivity contribution in [3.8, 4) is 0 Å². The number of alkyl halides is 1. The fraction of sp³-hybridized carbons (Fsp3) is 0.447. The van der Waals surface area contributed by atoms with Gasteiger partial charge in [-0.1, -0.05) is 112 Å². The molecule has 0 aliphatic heterocycles. The van der Waals surface area contributed by atoms with Gasteiger partial charge >= 0.3 is 16.9 Å². The molecular formula is C38H51IN6O10S3. The summed E-state index contributed by atoms with van der Waals surface area (Å²) in [5.41, 5.74) is -0.492. The van der Waals surface area contributed by atoms with E-state index < -0.39 is 33.2 Å². The molecule has 0 amide bonds. The van der Waals surface area contributed by atoms with E-state index in [1.165, 1.54) is 30.0 Å². The number of rotatable bonds is 7. The molecule has 20 heteroatoms. The van der Waals surface area contributed by atoms with Crippen molar-refractivity contribution in [1.82, 2.24) is 29.9 Å². The summed E-state index contributed by atoms with van der Waals surface area (Å²) in [4.78, 5) is 88.0. The molecule has 0 saturated carbocycles. The van der Waals surface area contributed by atoms with E-state index in [4.69, 9.17) is 25.5 Å². The van der Waals surface area contributed by atoms with E-state index >= 15 is 0 Å². The third kappa shape index (κ3) is 13.9. The summed E-state index contributed by atoms with van der Waals surface area (Å²) >= 11 is 8.54. The first-order chi connectivity index (χ1) is 26.3. The van der Waals surface area contributed by atoms with Gasteiger partial charge in [-0.25, -0.2) is 14.4 Å². The van der Waals surface area contributed by atoms with Gasteiger partial charge in [0.1, 0.15) is 16.2 Å². The number of nitrogens with one attached hydrogen (secondary N) is 4. The first-order valence-corrected chi connectivity index (χ1v) is 21.2. The molecule has 6 aromatic rings. The quantitative estimate of drug-likeness (QED) is 0.0410. The van der Waals surface area contributed by atoms with Crippen molar-refractivity contribution in [2.45, 2.75) is 121 Å². The molecule has 0 aliphatic carbocycles. The number of thioether (sulfide) groups is 1. The first-order valence-electron chi connectivity index (χ1n) is 17.4. The zero-order valence-electron chi connectivity index (χ0n) is 32.2. The minimum absolute atomic E-state index is 0. The second-order valence-corrected chi connectivity index (χ2v) is 19.0. The van der Waals surface area contributed by atoms with Crippen LogP contribution in [0.2, 0.25) is 0 Å². The van der Waals surface area contributed by atoms with Gasteiger partial charge in [-0.05, 0) is 48.2 Å². The van der Waals surface area contributed by atoms with Crippen LogP contribution in [0.4, 0.5) is 0 Å². The second kappa shape index (κ2) is 23.3. The molecule has 0 aromatic carbocycles. The lowest BCUT2D eigenvalue weighted by Gasteiger charge is -2.06. The van der Waals surface area contributed by atoms with Gasteiger partial charge in [-0.3, -0.25) is 28.6 Å². The SMILES string of the molecule is C.C.CC(C)I.CCc1cc(=O)oc2[nH]c(=S)[nH]c(=O)c12.CCc1cc(=O)oc2nc(S(=O)C(C)C)[nH]c(=O)c12.CCc1cc(=O)oc2nc(SC(C)C)[nH]c(=O)c12. The number of aromatic nitrogens is 6. The van der Waals surface area contributed by atoms with Crippen LogP contribution in [0.25, 0.3) is 33.3 Å². The highest BCUT2D eigenvalue weighted by Crippen LogP contribution is 2.20. The Bertz CT molecular complexity index is 2770. The Hall–Kier alpha value is -4.28. The zero-order chi connectivity index (χ0) is 42.0. The molecule has 6 heterocycles. The Labute approximate surface area is 359 Å². The van der Waals surface area contributed by atoms with E-state index in [2.05, 4.69) is 66.3 Å². The summed E-state index contributed by atoms with van der Waals surface area (Å²) in [5, 5.41) is 1.55. The lowest BCUT2D eigenvalue weighted by atomic mass is 10.1. The summed E-state index contributed by atoms with van der Waals surface area (Å²) in [6.45, 7) is 17.4. The minimum Gasteiger partial charge on any atom is -0.405 e. The van der Waals surface area contributed by atoms with E-state index in [1.54, 1.807) is 13.8 Å². The standard InChI is InChI=1S/C12H14N2O4S.C12H14N2O3S.C9H8N2O3S.C3H7I.2CH4/c1-4-7-5-8(15)18-11-9(7)10(16)13-12(14-11)19(17)6(2)3;1-4-7-5-8(15)17-11-9(7)10(16)13-12(14-11)18-6(2)3;1-2-4-3-5(12)14-8-6(4)7(13)10-9(15)11-8;1-3(2)4;;/h5-6H,4H2,1-3H3,(H,13,14,16);5-6H,4H2,1-3H3,(H,13,14,16);3H,2H2,1H3,(H2,10,11,13,15);3H,1-2H3;2*1H4. The molecule has 0 bridgehead atoms. The molecule has 0 spiro atoms. The minimum atomic E-state index is -1.45. The van der Waals surface area contributed by atoms with Gasteiger partial charge in [0.15, 0.2) is 9.93 Å². The molecule has 58 heavy (non-hydrogen) atoms. The average molecular weight is 975 g/mol. The van der Waals surface area contributed by atoms with Crippen LogP contribution in [0.5, 0.6) is 0 Å². The van der Waals surface area contributed by atoms with E-state index in [1.807, 2.05) is 34.6 Å².